The molecule has 1 amide bonds. The summed E-state index contributed by atoms with van der Waals surface area (Å²) in [5, 5.41) is 9.71. The van der Waals surface area contributed by atoms with Crippen LogP contribution in [0, 0.1) is 6.92 Å². The summed E-state index contributed by atoms with van der Waals surface area (Å²) in [5.41, 5.74) is 1.54. The van der Waals surface area contributed by atoms with Gasteiger partial charge in [0.05, 0.1) is 21.8 Å². The van der Waals surface area contributed by atoms with Crippen molar-refractivity contribution in [1.29, 1.82) is 0 Å². The van der Waals surface area contributed by atoms with Crippen LogP contribution in [0.5, 0.6) is 5.75 Å². The van der Waals surface area contributed by atoms with Crippen LogP contribution in [0.4, 0.5) is 4.79 Å². The lowest BCUT2D eigenvalue weighted by molar-refractivity contribution is 0.00751. The molecule has 1 N–H and O–H groups in total. The van der Waals surface area contributed by atoms with Gasteiger partial charge < -0.3 is 14.7 Å². The molecule has 1 fully saturated rings. The molecular weight excluding hydrogens is 338 g/mol. The van der Waals surface area contributed by atoms with Crippen LogP contribution in [0.15, 0.2) is 18.2 Å². The zero-order chi connectivity index (χ0) is 17.9. The van der Waals surface area contributed by atoms with Crippen molar-refractivity contribution >= 4 is 32.5 Å². The summed E-state index contributed by atoms with van der Waals surface area (Å²) >= 11 is 1.63. The molecule has 25 heavy (non-hydrogen) atoms. The molecule has 7 heteroatoms. The Labute approximate surface area is 149 Å². The van der Waals surface area contributed by atoms with E-state index in [1.807, 2.05) is 33.8 Å². The second-order valence-corrected chi connectivity index (χ2v) is 8.56. The number of amides is 1. The Kier molecular flexibility index (Phi) is 3.47. The summed E-state index contributed by atoms with van der Waals surface area (Å²) in [6.07, 6.45) is -0.270. The predicted molar refractivity (Wildman–Crippen MR) is 97.5 cm³/mol. The zero-order valence-corrected chi connectivity index (χ0v) is 15.6. The third-order valence-corrected chi connectivity index (χ3v) is 5.53. The molecule has 3 heterocycles. The highest BCUT2D eigenvalue weighted by Gasteiger charge is 2.37. The summed E-state index contributed by atoms with van der Waals surface area (Å²) in [4.78, 5) is 19.7. The van der Waals surface area contributed by atoms with Crippen molar-refractivity contribution in [2.45, 2.75) is 39.2 Å². The molecule has 1 aliphatic heterocycles. The van der Waals surface area contributed by atoms with Gasteiger partial charge in [0.1, 0.15) is 22.0 Å². The molecule has 1 aliphatic rings. The number of aromatic hydroxyl groups is 1. The van der Waals surface area contributed by atoms with Gasteiger partial charge in [-0.15, -0.1) is 11.3 Å². The number of nitrogens with zero attached hydrogens (tertiary/aromatic N) is 3. The third-order valence-electron chi connectivity index (χ3n) is 4.31. The number of phenolic OH excluding ortho intramolecular Hbond substituents is 1. The van der Waals surface area contributed by atoms with Crippen molar-refractivity contribution in [1.82, 2.24) is 14.3 Å². The molecule has 4 rings (SSSR count). The first-order valence-electron chi connectivity index (χ1n) is 8.31. The van der Waals surface area contributed by atoms with Crippen LogP contribution in [-0.2, 0) is 4.74 Å². The molecule has 0 atom stereocenters. The normalized spacial score (nSPS) is 15.8. The van der Waals surface area contributed by atoms with Gasteiger partial charge >= 0.3 is 6.09 Å². The van der Waals surface area contributed by atoms with Gasteiger partial charge in [-0.2, -0.15) is 0 Å². The number of aromatic nitrogens is 2. The average molecular weight is 359 g/mol. The van der Waals surface area contributed by atoms with Gasteiger partial charge in [-0.3, -0.25) is 4.40 Å². The van der Waals surface area contributed by atoms with Gasteiger partial charge in [0.15, 0.2) is 0 Å². The van der Waals surface area contributed by atoms with Gasteiger partial charge in [-0.1, -0.05) is 0 Å². The fourth-order valence-electron chi connectivity index (χ4n) is 3.15. The lowest BCUT2D eigenvalue weighted by atomic mass is 10.00. The van der Waals surface area contributed by atoms with Crippen LogP contribution in [0.25, 0.3) is 15.0 Å². The first-order valence-corrected chi connectivity index (χ1v) is 9.13. The van der Waals surface area contributed by atoms with E-state index in [2.05, 4.69) is 4.40 Å². The van der Waals surface area contributed by atoms with Crippen LogP contribution in [0.3, 0.4) is 0 Å². The van der Waals surface area contributed by atoms with Crippen molar-refractivity contribution in [3.63, 3.8) is 0 Å². The molecule has 0 spiro atoms. The van der Waals surface area contributed by atoms with E-state index < -0.39 is 5.60 Å². The third kappa shape index (κ3) is 2.72. The van der Waals surface area contributed by atoms with Crippen LogP contribution >= 0.6 is 11.3 Å². The van der Waals surface area contributed by atoms with Gasteiger partial charge in [0.25, 0.3) is 0 Å². The van der Waals surface area contributed by atoms with Crippen molar-refractivity contribution in [2.75, 3.05) is 13.1 Å². The van der Waals surface area contributed by atoms with Gasteiger partial charge in [-0.05, 0) is 45.9 Å². The number of benzene rings is 1. The second kappa shape index (κ2) is 5.36. The highest BCUT2D eigenvalue weighted by molar-refractivity contribution is 7.24. The topological polar surface area (TPSA) is 67.1 Å². The molecule has 2 aromatic heterocycles. The summed E-state index contributed by atoms with van der Waals surface area (Å²) in [7, 11) is 0. The number of carbonyl (C=O) groups excluding carboxylic acids is 1. The van der Waals surface area contributed by atoms with Gasteiger partial charge in [0.2, 0.25) is 0 Å². The smallest absolute Gasteiger partial charge is 0.410 e. The van der Waals surface area contributed by atoms with E-state index in [1.165, 1.54) is 0 Å². The number of thiazole rings is 1. The molecule has 0 radical (unpaired) electrons. The monoisotopic (exact) mass is 359 g/mol. The molecule has 0 bridgehead atoms. The van der Waals surface area contributed by atoms with Crippen molar-refractivity contribution in [2.24, 2.45) is 0 Å². The SMILES string of the molecule is Cc1nc(C2CN(C(=O)OC(C)(C)C)C2)n2c1sc1cc(O)ccc12. The largest absolute Gasteiger partial charge is 0.508 e. The van der Waals surface area contributed by atoms with Crippen LogP contribution in [0.2, 0.25) is 0 Å². The zero-order valence-electron chi connectivity index (χ0n) is 14.7. The minimum atomic E-state index is -0.481. The van der Waals surface area contributed by atoms with Gasteiger partial charge in [0, 0.05) is 13.1 Å². The minimum Gasteiger partial charge on any atom is -0.508 e. The second-order valence-electron chi connectivity index (χ2n) is 7.53. The van der Waals surface area contributed by atoms with E-state index >= 15 is 0 Å². The maximum Gasteiger partial charge on any atom is 0.410 e. The number of imidazole rings is 1. The molecule has 0 saturated carbocycles. The summed E-state index contributed by atoms with van der Waals surface area (Å²) < 4.78 is 8.61. The van der Waals surface area contributed by atoms with Gasteiger partial charge in [-0.25, -0.2) is 9.78 Å². The minimum absolute atomic E-state index is 0.195. The summed E-state index contributed by atoms with van der Waals surface area (Å²) in [5.74, 6) is 1.44. The molecule has 132 valence electrons. The van der Waals surface area contributed by atoms with E-state index in [9.17, 15) is 9.90 Å². The number of carbonyl (C=O) groups is 1. The molecular formula is C18H21N3O3S. The van der Waals surface area contributed by atoms with E-state index in [0.717, 1.165) is 26.6 Å². The lowest BCUT2D eigenvalue weighted by Gasteiger charge is -2.39. The first-order chi connectivity index (χ1) is 11.7. The standard InChI is InChI=1S/C18H21N3O3S/c1-10-16-21(13-6-5-12(22)7-14(13)25-16)15(19-10)11-8-20(9-11)17(23)24-18(2,3)4/h5-7,11,22H,8-9H2,1-4H3. The Hall–Kier alpha value is -2.28. The molecule has 6 nitrogen and oxygen atoms in total. The predicted octanol–water partition coefficient (Wildman–Crippen LogP) is 3.90. The van der Waals surface area contributed by atoms with E-state index in [4.69, 9.17) is 9.72 Å². The fourth-order valence-corrected chi connectivity index (χ4v) is 4.28. The highest BCUT2D eigenvalue weighted by Crippen LogP contribution is 2.36. The maximum atomic E-state index is 12.1. The number of hydrogen-bond acceptors (Lipinski definition) is 5. The Morgan fingerprint density at radius 1 is 1.36 bits per heavy atom. The number of phenols is 1. The van der Waals surface area contributed by atoms with Crippen molar-refractivity contribution in [3.05, 3.63) is 29.7 Å². The molecule has 0 unspecified atom stereocenters. The number of aryl methyl sites for hydroxylation is 1. The van der Waals surface area contributed by atoms with E-state index in [0.29, 0.717) is 13.1 Å². The Morgan fingerprint density at radius 2 is 2.08 bits per heavy atom. The summed E-state index contributed by atoms with van der Waals surface area (Å²) in [6, 6.07) is 5.40. The number of ether oxygens (including phenoxy) is 1. The number of fused-ring (bicyclic) bond motifs is 3. The maximum absolute atomic E-state index is 12.1. The highest BCUT2D eigenvalue weighted by atomic mass is 32.1. The number of hydrogen-bond donors (Lipinski definition) is 1. The molecule has 3 aromatic rings. The molecule has 0 aliphatic carbocycles. The Balaban J connectivity index is 1.63. The summed E-state index contributed by atoms with van der Waals surface area (Å²) in [6.45, 7) is 8.84. The van der Waals surface area contributed by atoms with Crippen molar-refractivity contribution < 1.29 is 14.6 Å². The lowest BCUT2D eigenvalue weighted by Crippen LogP contribution is -2.50. The van der Waals surface area contributed by atoms with Crippen molar-refractivity contribution in [3.8, 4) is 5.75 Å². The fraction of sp³-hybridized carbons (Fsp3) is 0.444. The van der Waals surface area contributed by atoms with Crippen LogP contribution < -0.4 is 0 Å². The molecule has 1 aromatic carbocycles. The first kappa shape index (κ1) is 16.2. The number of likely N-dealkylation sites (tertiary alicyclic amines) is 1. The quantitative estimate of drug-likeness (QED) is 0.716. The molecule has 1 saturated heterocycles. The average Bonchev–Trinajstić information content (AvgIpc) is 2.93. The van der Waals surface area contributed by atoms with E-state index in [-0.39, 0.29) is 17.8 Å². The Bertz CT molecular complexity index is 977. The van der Waals surface area contributed by atoms with Crippen LogP contribution in [-0.4, -0.2) is 44.2 Å². The Morgan fingerprint density at radius 3 is 2.76 bits per heavy atom. The number of rotatable bonds is 1. The van der Waals surface area contributed by atoms with Crippen LogP contribution in [0.1, 0.15) is 38.2 Å². The van der Waals surface area contributed by atoms with E-state index in [1.54, 1.807) is 28.4 Å².